The molecule has 28 heavy (non-hydrogen) atoms. The van der Waals surface area contributed by atoms with Crippen LogP contribution in [0.15, 0.2) is 36.7 Å². The zero-order valence-electron chi connectivity index (χ0n) is 15.7. The zero-order valence-corrected chi connectivity index (χ0v) is 15.7. The van der Waals surface area contributed by atoms with Crippen LogP contribution in [0, 0.1) is 20.8 Å². The molecule has 0 fully saturated rings. The summed E-state index contributed by atoms with van der Waals surface area (Å²) in [7, 11) is 0. The highest BCUT2D eigenvalue weighted by Crippen LogP contribution is 2.17. The summed E-state index contributed by atoms with van der Waals surface area (Å²) < 4.78 is 3.31. The van der Waals surface area contributed by atoms with Gasteiger partial charge in [-0.3, -0.25) is 4.79 Å². The molecule has 4 aromatic rings. The maximum absolute atomic E-state index is 12.6. The van der Waals surface area contributed by atoms with Gasteiger partial charge in [0.25, 0.3) is 5.91 Å². The molecule has 2 N–H and O–H groups in total. The zero-order chi connectivity index (χ0) is 19.7. The minimum Gasteiger partial charge on any atom is -0.345 e. The molecule has 3 aromatic heterocycles. The second-order valence-electron chi connectivity index (χ2n) is 6.35. The number of para-hydroxylation sites is 1. The Morgan fingerprint density at radius 2 is 1.96 bits per heavy atom. The van der Waals surface area contributed by atoms with Crippen LogP contribution in [0.5, 0.6) is 0 Å². The summed E-state index contributed by atoms with van der Waals surface area (Å²) in [6.07, 6.45) is 1.37. The number of carbonyl (C=O) groups is 1. The summed E-state index contributed by atoms with van der Waals surface area (Å²) in [5.41, 5.74) is 3.83. The molecule has 10 nitrogen and oxygen atoms in total. The van der Waals surface area contributed by atoms with Crippen LogP contribution in [0.2, 0.25) is 0 Å². The molecule has 0 aliphatic carbocycles. The first kappa shape index (κ1) is 17.6. The number of nitrogens with zero attached hydrogens (tertiary/aromatic N) is 7. The van der Waals surface area contributed by atoms with E-state index in [-0.39, 0.29) is 11.7 Å². The van der Waals surface area contributed by atoms with Crippen LogP contribution in [-0.2, 0) is 6.54 Å². The molecule has 0 spiro atoms. The largest absolute Gasteiger partial charge is 0.345 e. The molecule has 0 aliphatic rings. The lowest BCUT2D eigenvalue weighted by Crippen LogP contribution is -2.25. The molecule has 4 rings (SSSR count). The number of aryl methyl sites for hydroxylation is 3. The smallest absolute Gasteiger partial charge is 0.291 e. The number of nitrogens with one attached hydrogen (secondary N) is 2. The van der Waals surface area contributed by atoms with Gasteiger partial charge < -0.3 is 5.32 Å². The van der Waals surface area contributed by atoms with Crippen molar-refractivity contribution >= 4 is 5.91 Å². The highest BCUT2D eigenvalue weighted by molar-refractivity contribution is 5.90. The second-order valence-corrected chi connectivity index (χ2v) is 6.35. The van der Waals surface area contributed by atoms with Crippen molar-refractivity contribution in [2.24, 2.45) is 0 Å². The molecule has 1 amide bonds. The third-order valence-corrected chi connectivity index (χ3v) is 4.24. The third-order valence-electron chi connectivity index (χ3n) is 4.24. The maximum Gasteiger partial charge on any atom is 0.291 e. The molecule has 0 saturated carbocycles. The van der Waals surface area contributed by atoms with Crippen molar-refractivity contribution < 1.29 is 4.79 Å². The molecule has 0 bridgehead atoms. The Hall–Kier alpha value is -3.82. The topological polar surface area (TPSA) is 119 Å². The van der Waals surface area contributed by atoms with E-state index in [1.807, 2.05) is 48.9 Å². The molecular weight excluding hydrogens is 358 g/mol. The Labute approximate surface area is 160 Å². The molecule has 0 unspecified atom stereocenters. The molecule has 0 aliphatic heterocycles. The van der Waals surface area contributed by atoms with Crippen molar-refractivity contribution in [3.05, 3.63) is 65.3 Å². The number of amides is 1. The first-order chi connectivity index (χ1) is 13.5. The van der Waals surface area contributed by atoms with Gasteiger partial charge in [-0.25, -0.2) is 14.8 Å². The fraction of sp³-hybridized carbons (Fsp3) is 0.222. The lowest BCUT2D eigenvalue weighted by atomic mass is 10.1. The van der Waals surface area contributed by atoms with Crippen molar-refractivity contribution in [1.82, 2.24) is 45.0 Å². The van der Waals surface area contributed by atoms with Gasteiger partial charge in [0.15, 0.2) is 0 Å². The predicted molar refractivity (Wildman–Crippen MR) is 100 cm³/mol. The number of hydrogen-bond donors (Lipinski definition) is 2. The number of aromatic nitrogens is 8. The van der Waals surface area contributed by atoms with Crippen LogP contribution < -0.4 is 5.32 Å². The fourth-order valence-corrected chi connectivity index (χ4v) is 2.98. The first-order valence-electron chi connectivity index (χ1n) is 8.72. The number of rotatable bonds is 5. The molecule has 1 aromatic carbocycles. The van der Waals surface area contributed by atoms with E-state index in [1.165, 1.54) is 11.0 Å². The van der Waals surface area contributed by atoms with E-state index in [2.05, 4.69) is 35.7 Å². The predicted octanol–water partition coefficient (Wildman–Crippen LogP) is 1.43. The van der Waals surface area contributed by atoms with E-state index >= 15 is 0 Å². The third kappa shape index (κ3) is 3.27. The van der Waals surface area contributed by atoms with Gasteiger partial charge in [-0.15, -0.1) is 5.10 Å². The van der Waals surface area contributed by atoms with Crippen molar-refractivity contribution in [2.75, 3.05) is 0 Å². The highest BCUT2D eigenvalue weighted by Gasteiger charge is 2.17. The average molecular weight is 377 g/mol. The quantitative estimate of drug-likeness (QED) is 0.543. The molecule has 0 saturated heterocycles. The Morgan fingerprint density at radius 3 is 2.68 bits per heavy atom. The molecule has 3 heterocycles. The van der Waals surface area contributed by atoms with Crippen molar-refractivity contribution in [2.45, 2.75) is 27.3 Å². The van der Waals surface area contributed by atoms with Gasteiger partial charge in [0.05, 0.1) is 11.4 Å². The molecule has 10 heteroatoms. The molecule has 0 radical (unpaired) electrons. The summed E-state index contributed by atoms with van der Waals surface area (Å²) >= 11 is 0. The van der Waals surface area contributed by atoms with Gasteiger partial charge in [0.2, 0.25) is 11.8 Å². The van der Waals surface area contributed by atoms with Crippen molar-refractivity contribution in [1.29, 1.82) is 0 Å². The summed E-state index contributed by atoms with van der Waals surface area (Å²) in [5, 5.41) is 18.1. The van der Waals surface area contributed by atoms with Crippen LogP contribution in [0.25, 0.3) is 11.6 Å². The van der Waals surface area contributed by atoms with Gasteiger partial charge in [-0.1, -0.05) is 18.2 Å². The SMILES string of the molecule is Cc1cc(C)n(-c2ccccc2CNC(=O)c2nc(C)n(-c3ncn[nH]3)n2)n1. The van der Waals surface area contributed by atoms with E-state index in [1.54, 1.807) is 6.92 Å². The van der Waals surface area contributed by atoms with E-state index in [0.29, 0.717) is 18.3 Å². The first-order valence-corrected chi connectivity index (χ1v) is 8.72. The van der Waals surface area contributed by atoms with Gasteiger partial charge in [0, 0.05) is 12.2 Å². The van der Waals surface area contributed by atoms with Crippen LogP contribution in [0.1, 0.15) is 33.4 Å². The lowest BCUT2D eigenvalue weighted by molar-refractivity contribution is 0.0940. The monoisotopic (exact) mass is 377 g/mol. The Morgan fingerprint density at radius 1 is 1.14 bits per heavy atom. The number of carbonyl (C=O) groups excluding carboxylic acids is 1. The Balaban J connectivity index is 1.54. The minimum absolute atomic E-state index is 0.0671. The van der Waals surface area contributed by atoms with Crippen molar-refractivity contribution in [3.63, 3.8) is 0 Å². The summed E-state index contributed by atoms with van der Waals surface area (Å²) in [6.45, 7) is 6.01. The van der Waals surface area contributed by atoms with Crippen LogP contribution in [0.3, 0.4) is 0 Å². The standard InChI is InChI=1S/C18H19N9O/c1-11-8-12(2)26(24-11)15-7-5-4-6-14(15)9-19-17(28)16-22-13(3)27(25-16)18-20-10-21-23-18/h4-8,10H,9H2,1-3H3,(H,19,28)(H,20,21,23). The number of H-pyrrole nitrogens is 1. The number of benzene rings is 1. The van der Waals surface area contributed by atoms with Gasteiger partial charge in [-0.05, 0) is 38.5 Å². The Bertz CT molecular complexity index is 1120. The summed E-state index contributed by atoms with van der Waals surface area (Å²) in [6, 6.07) is 9.82. The van der Waals surface area contributed by atoms with E-state index in [4.69, 9.17) is 0 Å². The molecule has 0 atom stereocenters. The molecule has 142 valence electrons. The molecular formula is C18H19N9O. The summed E-state index contributed by atoms with van der Waals surface area (Å²) in [5.74, 6) is 0.630. The van der Waals surface area contributed by atoms with E-state index < -0.39 is 0 Å². The second kappa shape index (κ2) is 7.06. The average Bonchev–Trinajstić information content (AvgIpc) is 3.40. The lowest BCUT2D eigenvalue weighted by Gasteiger charge is -2.11. The maximum atomic E-state index is 12.6. The van der Waals surface area contributed by atoms with Crippen LogP contribution >= 0.6 is 0 Å². The van der Waals surface area contributed by atoms with Gasteiger partial charge >= 0.3 is 0 Å². The number of hydrogen-bond acceptors (Lipinski definition) is 6. The van der Waals surface area contributed by atoms with Crippen LogP contribution in [0.4, 0.5) is 0 Å². The fourth-order valence-electron chi connectivity index (χ4n) is 2.98. The highest BCUT2D eigenvalue weighted by atomic mass is 16.2. The van der Waals surface area contributed by atoms with Crippen molar-refractivity contribution in [3.8, 4) is 11.6 Å². The normalized spacial score (nSPS) is 11.0. The summed E-state index contributed by atoms with van der Waals surface area (Å²) in [4.78, 5) is 20.8. The van der Waals surface area contributed by atoms with E-state index in [0.717, 1.165) is 22.6 Å². The number of aromatic amines is 1. The van der Waals surface area contributed by atoms with Gasteiger partial charge in [0.1, 0.15) is 12.2 Å². The minimum atomic E-state index is -0.371. The van der Waals surface area contributed by atoms with E-state index in [9.17, 15) is 4.79 Å². The van der Waals surface area contributed by atoms with Crippen LogP contribution in [-0.4, -0.2) is 45.6 Å². The Kier molecular flexibility index (Phi) is 4.44. The van der Waals surface area contributed by atoms with Gasteiger partial charge in [-0.2, -0.15) is 19.9 Å².